The van der Waals surface area contributed by atoms with E-state index in [9.17, 15) is 19.1 Å². The molecule has 11 nitrogen and oxygen atoms in total. The number of aliphatic hydroxyl groups is 1. The number of aromatic nitrogens is 2. The molecule has 1 aliphatic heterocycles. The number of alkyl carbamates (subject to hydrolysis) is 1. The van der Waals surface area contributed by atoms with Gasteiger partial charge in [0, 0.05) is 42.2 Å². The summed E-state index contributed by atoms with van der Waals surface area (Å²) >= 11 is 0. The Labute approximate surface area is 202 Å². The van der Waals surface area contributed by atoms with Gasteiger partial charge in [0.2, 0.25) is 0 Å². The van der Waals surface area contributed by atoms with Gasteiger partial charge in [-0.3, -0.25) is 15.5 Å². The molecule has 1 fully saturated rings. The molecule has 0 aliphatic carbocycles. The van der Waals surface area contributed by atoms with Crippen molar-refractivity contribution >= 4 is 18.0 Å². The average Bonchev–Trinajstić information content (AvgIpc) is 2.81. The number of hydrogen-bond donors (Lipinski definition) is 4. The van der Waals surface area contributed by atoms with Crippen molar-refractivity contribution in [1.29, 1.82) is 5.41 Å². The number of halogens is 1. The molecule has 0 bridgehead atoms. The molecular weight excluding hydrogens is 459 g/mol. The SMILES string of the molecule is CC(C)(O)C(=O)N1CCC(COc2ncc(-c3cccc(COC(=O)NC(=N)N)c3F)cn2)CC1. The summed E-state index contributed by atoms with van der Waals surface area (Å²) in [6, 6.07) is 4.79. The molecular formula is C23H29FN6O5. The highest BCUT2D eigenvalue weighted by Gasteiger charge is 2.32. The number of carbonyl (C=O) groups excluding carboxylic acids is 2. The van der Waals surface area contributed by atoms with Crippen LogP contribution in [-0.4, -0.2) is 63.2 Å². The third kappa shape index (κ3) is 7.09. The number of guanidine groups is 1. The molecule has 0 atom stereocenters. The van der Waals surface area contributed by atoms with Crippen LogP contribution in [0.4, 0.5) is 9.18 Å². The van der Waals surface area contributed by atoms with Crippen molar-refractivity contribution in [2.45, 2.75) is 38.9 Å². The molecule has 1 aliphatic rings. The molecule has 0 spiro atoms. The molecule has 2 amide bonds. The lowest BCUT2D eigenvalue weighted by Gasteiger charge is -2.34. The highest BCUT2D eigenvalue weighted by atomic mass is 19.1. The number of piperidine rings is 1. The van der Waals surface area contributed by atoms with E-state index in [0.717, 1.165) is 12.8 Å². The van der Waals surface area contributed by atoms with Gasteiger partial charge in [0.1, 0.15) is 18.0 Å². The van der Waals surface area contributed by atoms with Gasteiger partial charge >= 0.3 is 12.1 Å². The van der Waals surface area contributed by atoms with Crippen LogP contribution >= 0.6 is 0 Å². The number of likely N-dealkylation sites (tertiary alicyclic amines) is 1. The maximum atomic E-state index is 14.9. The predicted molar refractivity (Wildman–Crippen MR) is 124 cm³/mol. The number of nitrogens with zero attached hydrogens (tertiary/aromatic N) is 3. The van der Waals surface area contributed by atoms with E-state index in [-0.39, 0.29) is 35.6 Å². The number of rotatable bonds is 7. The summed E-state index contributed by atoms with van der Waals surface area (Å²) in [6.07, 6.45) is 3.41. The fraction of sp³-hybridized carbons (Fsp3) is 0.435. The zero-order valence-corrected chi connectivity index (χ0v) is 19.6. The first-order chi connectivity index (χ1) is 16.5. The van der Waals surface area contributed by atoms with Gasteiger partial charge in [0.25, 0.3) is 5.91 Å². The second-order valence-electron chi connectivity index (χ2n) is 8.75. The number of hydrogen-bond acceptors (Lipinski definition) is 8. The van der Waals surface area contributed by atoms with Crippen molar-refractivity contribution in [3.63, 3.8) is 0 Å². The van der Waals surface area contributed by atoms with Gasteiger partial charge in [-0.1, -0.05) is 18.2 Å². The van der Waals surface area contributed by atoms with Crippen LogP contribution in [-0.2, 0) is 16.1 Å². The van der Waals surface area contributed by atoms with Crippen LogP contribution in [0.3, 0.4) is 0 Å². The molecule has 1 aromatic carbocycles. The standard InChI is InChI=1S/C23H29FN6O5/c1-23(2,33)19(31)30-8-6-14(7-9-30)12-34-21-27-10-16(11-28-21)17-5-3-4-15(18(17)24)13-35-22(32)29-20(25)26/h3-5,10-11,14,33H,6-9,12-13H2,1-2H3,(H4,25,26,29,32). The highest BCUT2D eigenvalue weighted by molar-refractivity contribution is 5.90. The minimum Gasteiger partial charge on any atom is -0.463 e. The molecule has 35 heavy (non-hydrogen) atoms. The maximum absolute atomic E-state index is 14.9. The van der Waals surface area contributed by atoms with Gasteiger partial charge in [0.05, 0.1) is 6.61 Å². The van der Waals surface area contributed by atoms with E-state index in [1.165, 1.54) is 32.3 Å². The summed E-state index contributed by atoms with van der Waals surface area (Å²) in [5, 5.41) is 18.8. The number of nitrogens with two attached hydrogens (primary N) is 1. The van der Waals surface area contributed by atoms with Crippen molar-refractivity contribution in [1.82, 2.24) is 20.2 Å². The zero-order valence-electron chi connectivity index (χ0n) is 19.6. The number of carbonyl (C=O) groups is 2. The first-order valence-corrected chi connectivity index (χ1v) is 11.1. The molecule has 0 saturated carbocycles. The quantitative estimate of drug-likeness (QED) is 0.338. The molecule has 1 saturated heterocycles. The predicted octanol–water partition coefficient (Wildman–Crippen LogP) is 1.79. The Morgan fingerprint density at radius 2 is 1.94 bits per heavy atom. The molecule has 2 heterocycles. The van der Waals surface area contributed by atoms with E-state index in [0.29, 0.717) is 25.3 Å². The van der Waals surface area contributed by atoms with E-state index in [2.05, 4.69) is 9.97 Å². The largest absolute Gasteiger partial charge is 0.463 e. The number of ether oxygens (including phenoxy) is 2. The summed E-state index contributed by atoms with van der Waals surface area (Å²) in [6.45, 7) is 4.10. The first kappa shape index (κ1) is 25.8. The van der Waals surface area contributed by atoms with E-state index >= 15 is 0 Å². The molecule has 188 valence electrons. The van der Waals surface area contributed by atoms with E-state index < -0.39 is 23.5 Å². The zero-order chi connectivity index (χ0) is 25.6. The van der Waals surface area contributed by atoms with Gasteiger partial charge in [-0.25, -0.2) is 19.2 Å². The Morgan fingerprint density at radius 3 is 2.54 bits per heavy atom. The second kappa shape index (κ2) is 11.1. The van der Waals surface area contributed by atoms with Crippen LogP contribution < -0.4 is 15.8 Å². The van der Waals surface area contributed by atoms with Crippen molar-refractivity contribution in [2.75, 3.05) is 19.7 Å². The molecule has 0 unspecified atom stereocenters. The van der Waals surface area contributed by atoms with Gasteiger partial charge in [-0.2, -0.15) is 0 Å². The summed E-state index contributed by atoms with van der Waals surface area (Å²) in [5.41, 5.74) is 4.45. The fourth-order valence-electron chi connectivity index (χ4n) is 3.62. The third-order valence-corrected chi connectivity index (χ3v) is 5.49. The summed E-state index contributed by atoms with van der Waals surface area (Å²) in [7, 11) is 0. The summed E-state index contributed by atoms with van der Waals surface area (Å²) in [5.74, 6) is -1.22. The summed E-state index contributed by atoms with van der Waals surface area (Å²) in [4.78, 5) is 33.6. The topological polar surface area (TPSA) is 164 Å². The smallest absolute Gasteiger partial charge is 0.414 e. The minimum absolute atomic E-state index is 0.135. The van der Waals surface area contributed by atoms with Crippen molar-refractivity contribution in [3.8, 4) is 17.1 Å². The van der Waals surface area contributed by atoms with Crippen LogP contribution in [0, 0.1) is 17.1 Å². The highest BCUT2D eigenvalue weighted by Crippen LogP contribution is 2.26. The third-order valence-electron chi connectivity index (χ3n) is 5.49. The lowest BCUT2D eigenvalue weighted by atomic mass is 9.96. The van der Waals surface area contributed by atoms with Crippen LogP contribution in [0.15, 0.2) is 30.6 Å². The second-order valence-corrected chi connectivity index (χ2v) is 8.75. The number of benzene rings is 1. The van der Waals surface area contributed by atoms with Crippen molar-refractivity contribution in [3.05, 3.63) is 42.0 Å². The Hall–Kier alpha value is -3.80. The van der Waals surface area contributed by atoms with E-state index in [4.69, 9.17) is 20.6 Å². The normalized spacial score (nSPS) is 14.3. The molecule has 3 rings (SSSR count). The van der Waals surface area contributed by atoms with Gasteiger partial charge < -0.3 is 25.2 Å². The number of amides is 2. The molecule has 1 aromatic heterocycles. The van der Waals surface area contributed by atoms with E-state index in [1.54, 1.807) is 17.0 Å². The lowest BCUT2D eigenvalue weighted by molar-refractivity contribution is -0.149. The van der Waals surface area contributed by atoms with Gasteiger partial charge in [-0.15, -0.1) is 0 Å². The average molecular weight is 489 g/mol. The Morgan fingerprint density at radius 1 is 1.29 bits per heavy atom. The Balaban J connectivity index is 1.54. The molecule has 12 heteroatoms. The lowest BCUT2D eigenvalue weighted by Crippen LogP contribution is -2.48. The molecule has 0 radical (unpaired) electrons. The molecule has 5 N–H and O–H groups in total. The van der Waals surface area contributed by atoms with E-state index in [1.807, 2.05) is 5.32 Å². The van der Waals surface area contributed by atoms with Crippen molar-refractivity contribution < 1.29 is 28.6 Å². The minimum atomic E-state index is -1.38. The van der Waals surface area contributed by atoms with Crippen LogP contribution in [0.5, 0.6) is 6.01 Å². The molecule has 2 aromatic rings. The first-order valence-electron chi connectivity index (χ1n) is 11.1. The van der Waals surface area contributed by atoms with Gasteiger partial charge in [0.15, 0.2) is 5.96 Å². The monoisotopic (exact) mass is 488 g/mol. The summed E-state index contributed by atoms with van der Waals surface area (Å²) < 4.78 is 25.5. The van der Waals surface area contributed by atoms with Crippen LogP contribution in [0.2, 0.25) is 0 Å². The van der Waals surface area contributed by atoms with Crippen molar-refractivity contribution in [2.24, 2.45) is 11.7 Å². The number of nitrogens with one attached hydrogen (secondary N) is 2. The maximum Gasteiger partial charge on any atom is 0.414 e. The Bertz CT molecular complexity index is 1070. The Kier molecular flexibility index (Phi) is 8.18. The fourth-order valence-corrected chi connectivity index (χ4v) is 3.62. The van der Waals surface area contributed by atoms with Crippen LogP contribution in [0.1, 0.15) is 32.3 Å². The van der Waals surface area contributed by atoms with Crippen LogP contribution in [0.25, 0.3) is 11.1 Å². The van der Waals surface area contributed by atoms with Gasteiger partial charge in [-0.05, 0) is 32.6 Å².